The van der Waals surface area contributed by atoms with E-state index in [9.17, 15) is 0 Å². The number of nitrogens with zero attached hydrogens (tertiary/aromatic N) is 1. The summed E-state index contributed by atoms with van der Waals surface area (Å²) in [5, 5.41) is 2.57. The number of halogens is 1. The third-order valence-corrected chi connectivity index (χ3v) is 5.75. The Hall–Kier alpha value is -2.29. The van der Waals surface area contributed by atoms with Crippen molar-refractivity contribution in [3.05, 3.63) is 82.9 Å². The molecule has 2 aliphatic heterocycles. The van der Waals surface area contributed by atoms with Gasteiger partial charge < -0.3 is 9.64 Å². The molecule has 2 heterocycles. The fourth-order valence-electron chi connectivity index (χ4n) is 4.32. The molecule has 0 aromatic heterocycles. The summed E-state index contributed by atoms with van der Waals surface area (Å²) in [5.41, 5.74) is 6.90. The van der Waals surface area contributed by atoms with Gasteiger partial charge in [-0.1, -0.05) is 60.2 Å². The average molecular weight is 378 g/mol. The highest BCUT2D eigenvalue weighted by molar-refractivity contribution is 6.02. The Bertz CT molecular complexity index is 1010. The van der Waals surface area contributed by atoms with Crippen molar-refractivity contribution in [3.63, 3.8) is 0 Å². The first-order chi connectivity index (χ1) is 12.8. The van der Waals surface area contributed by atoms with Gasteiger partial charge in [0.1, 0.15) is 12.4 Å². The van der Waals surface area contributed by atoms with E-state index in [0.29, 0.717) is 6.61 Å². The van der Waals surface area contributed by atoms with Crippen LogP contribution in [0, 0.1) is 0 Å². The largest absolute Gasteiger partial charge is 0.488 e. The summed E-state index contributed by atoms with van der Waals surface area (Å²) in [7, 11) is 2.22. The molecule has 2 nitrogen and oxygen atoms in total. The molecule has 3 aromatic carbocycles. The molecule has 1 fully saturated rings. The number of piperidine rings is 1. The lowest BCUT2D eigenvalue weighted by atomic mass is 9.84. The van der Waals surface area contributed by atoms with Gasteiger partial charge in [0.15, 0.2) is 0 Å². The zero-order chi connectivity index (χ0) is 17.5. The first-order valence-electron chi connectivity index (χ1n) is 9.45. The molecule has 0 N–H and O–H groups in total. The minimum atomic E-state index is 0. The Morgan fingerprint density at radius 1 is 0.852 bits per heavy atom. The van der Waals surface area contributed by atoms with Crippen molar-refractivity contribution >= 4 is 28.8 Å². The maximum Gasteiger partial charge on any atom is 0.128 e. The first kappa shape index (κ1) is 18.1. The second kappa shape index (κ2) is 7.38. The Balaban J connectivity index is 0.00000180. The molecule has 0 atom stereocenters. The van der Waals surface area contributed by atoms with Gasteiger partial charge >= 0.3 is 0 Å². The Morgan fingerprint density at radius 3 is 2.44 bits per heavy atom. The van der Waals surface area contributed by atoms with E-state index in [1.807, 2.05) is 0 Å². The van der Waals surface area contributed by atoms with Crippen molar-refractivity contribution < 1.29 is 4.74 Å². The highest BCUT2D eigenvalue weighted by Gasteiger charge is 2.25. The van der Waals surface area contributed by atoms with Crippen LogP contribution in [0.25, 0.3) is 16.3 Å². The smallest absolute Gasteiger partial charge is 0.128 e. The van der Waals surface area contributed by atoms with Crippen molar-refractivity contribution in [2.75, 3.05) is 20.1 Å². The predicted molar refractivity (Wildman–Crippen MR) is 115 cm³/mol. The number of likely N-dealkylation sites (tertiary alicyclic amines) is 1. The van der Waals surface area contributed by atoms with E-state index in [2.05, 4.69) is 72.6 Å². The number of rotatable bonds is 0. The van der Waals surface area contributed by atoms with Crippen LogP contribution < -0.4 is 4.74 Å². The van der Waals surface area contributed by atoms with Gasteiger partial charge in [0.05, 0.1) is 0 Å². The average Bonchev–Trinajstić information content (AvgIpc) is 2.86. The van der Waals surface area contributed by atoms with Crippen molar-refractivity contribution in [1.82, 2.24) is 4.90 Å². The lowest BCUT2D eigenvalue weighted by Crippen LogP contribution is -2.27. The molecule has 2 aliphatic rings. The maximum absolute atomic E-state index is 6.28. The highest BCUT2D eigenvalue weighted by Crippen LogP contribution is 2.44. The van der Waals surface area contributed by atoms with E-state index in [1.165, 1.54) is 33.0 Å². The molecule has 0 unspecified atom stereocenters. The van der Waals surface area contributed by atoms with Crippen LogP contribution in [0.5, 0.6) is 5.75 Å². The van der Waals surface area contributed by atoms with Crippen LogP contribution >= 0.6 is 12.4 Å². The lowest BCUT2D eigenvalue weighted by Gasteiger charge is -2.27. The lowest BCUT2D eigenvalue weighted by molar-refractivity contribution is 0.307. The third-order valence-electron chi connectivity index (χ3n) is 5.75. The molecule has 138 valence electrons. The molecule has 3 heteroatoms. The van der Waals surface area contributed by atoms with E-state index < -0.39 is 0 Å². The van der Waals surface area contributed by atoms with Gasteiger partial charge in [0, 0.05) is 18.7 Å². The fourth-order valence-corrected chi connectivity index (χ4v) is 4.32. The van der Waals surface area contributed by atoms with Crippen LogP contribution in [0.1, 0.15) is 29.5 Å². The van der Waals surface area contributed by atoms with Crippen LogP contribution in [0.2, 0.25) is 0 Å². The number of ether oxygens (including phenoxy) is 1. The minimum absolute atomic E-state index is 0. The first-order valence-corrected chi connectivity index (χ1v) is 9.45. The van der Waals surface area contributed by atoms with E-state index in [0.717, 1.165) is 31.7 Å². The van der Waals surface area contributed by atoms with Gasteiger partial charge in [0.25, 0.3) is 0 Å². The minimum Gasteiger partial charge on any atom is -0.488 e. The standard InChI is InChI=1S/C24H23NO.ClH/c1-25-14-12-18(13-15-25)23-21-9-5-3-7-19(21)16-26-22-11-10-17-6-2-4-8-20(17)24(22)23;/h2-11H,12-16H2,1H3;1H. The Labute approximate surface area is 166 Å². The van der Waals surface area contributed by atoms with Crippen LogP contribution in [-0.4, -0.2) is 25.0 Å². The summed E-state index contributed by atoms with van der Waals surface area (Å²) in [4.78, 5) is 2.42. The normalized spacial score (nSPS) is 16.8. The molecule has 0 bridgehead atoms. The molecule has 27 heavy (non-hydrogen) atoms. The number of benzene rings is 3. The molecular weight excluding hydrogens is 354 g/mol. The van der Waals surface area contributed by atoms with Crippen molar-refractivity contribution in [2.45, 2.75) is 19.4 Å². The van der Waals surface area contributed by atoms with Gasteiger partial charge in [0.2, 0.25) is 0 Å². The molecule has 0 aliphatic carbocycles. The highest BCUT2D eigenvalue weighted by atomic mass is 35.5. The SMILES string of the molecule is CN1CCC(=C2c3ccccc3COc3ccc4ccccc4c32)CC1.Cl. The zero-order valence-electron chi connectivity index (χ0n) is 15.6. The number of hydrogen-bond acceptors (Lipinski definition) is 2. The Kier molecular flexibility index (Phi) is 4.94. The third kappa shape index (κ3) is 3.13. The van der Waals surface area contributed by atoms with Gasteiger partial charge in [-0.25, -0.2) is 0 Å². The maximum atomic E-state index is 6.28. The van der Waals surface area contributed by atoms with E-state index in [4.69, 9.17) is 4.74 Å². The second-order valence-corrected chi connectivity index (χ2v) is 7.39. The second-order valence-electron chi connectivity index (χ2n) is 7.39. The van der Waals surface area contributed by atoms with Gasteiger partial charge in [-0.2, -0.15) is 0 Å². The molecule has 0 amide bonds. The monoisotopic (exact) mass is 377 g/mol. The van der Waals surface area contributed by atoms with Crippen molar-refractivity contribution in [3.8, 4) is 5.75 Å². The topological polar surface area (TPSA) is 12.5 Å². The summed E-state index contributed by atoms with van der Waals surface area (Å²) < 4.78 is 6.28. The van der Waals surface area contributed by atoms with Crippen LogP contribution in [0.4, 0.5) is 0 Å². The number of hydrogen-bond donors (Lipinski definition) is 0. The summed E-state index contributed by atoms with van der Waals surface area (Å²) in [6, 6.07) is 21.8. The van der Waals surface area contributed by atoms with Crippen LogP contribution in [-0.2, 0) is 6.61 Å². The molecular formula is C24H24ClNO. The summed E-state index contributed by atoms with van der Waals surface area (Å²) in [5.74, 6) is 1.02. The van der Waals surface area contributed by atoms with Gasteiger partial charge in [-0.05, 0) is 53.4 Å². The van der Waals surface area contributed by atoms with E-state index in [-0.39, 0.29) is 12.4 Å². The molecule has 1 saturated heterocycles. The summed E-state index contributed by atoms with van der Waals surface area (Å²) in [6.07, 6.45) is 2.26. The van der Waals surface area contributed by atoms with Crippen LogP contribution in [0.3, 0.4) is 0 Å². The fraction of sp³-hybridized carbons (Fsp3) is 0.250. The van der Waals surface area contributed by atoms with E-state index >= 15 is 0 Å². The summed E-state index contributed by atoms with van der Waals surface area (Å²) >= 11 is 0. The predicted octanol–water partition coefficient (Wildman–Crippen LogP) is 5.68. The Morgan fingerprint density at radius 2 is 1.59 bits per heavy atom. The van der Waals surface area contributed by atoms with E-state index in [1.54, 1.807) is 5.57 Å². The van der Waals surface area contributed by atoms with Crippen molar-refractivity contribution in [1.29, 1.82) is 0 Å². The molecule has 0 spiro atoms. The molecule has 0 radical (unpaired) electrons. The molecule has 3 aromatic rings. The quantitative estimate of drug-likeness (QED) is 0.499. The number of fused-ring (bicyclic) bond motifs is 4. The van der Waals surface area contributed by atoms with Crippen LogP contribution in [0.15, 0.2) is 66.2 Å². The molecule has 0 saturated carbocycles. The summed E-state index contributed by atoms with van der Waals surface area (Å²) in [6.45, 7) is 2.89. The zero-order valence-corrected chi connectivity index (χ0v) is 16.4. The van der Waals surface area contributed by atoms with Gasteiger partial charge in [-0.3, -0.25) is 0 Å². The van der Waals surface area contributed by atoms with Gasteiger partial charge in [-0.15, -0.1) is 12.4 Å². The van der Waals surface area contributed by atoms with Crippen molar-refractivity contribution in [2.24, 2.45) is 0 Å². The molecule has 5 rings (SSSR count).